The zero-order chi connectivity index (χ0) is 11.6. The van der Waals surface area contributed by atoms with E-state index >= 15 is 0 Å². The van der Waals surface area contributed by atoms with Gasteiger partial charge in [-0.05, 0) is 31.7 Å². The van der Waals surface area contributed by atoms with Crippen molar-refractivity contribution >= 4 is 5.97 Å². The maximum absolute atomic E-state index is 10.8. The van der Waals surface area contributed by atoms with Crippen molar-refractivity contribution < 1.29 is 9.90 Å². The van der Waals surface area contributed by atoms with Crippen LogP contribution in [0.15, 0.2) is 0 Å². The molecule has 0 aliphatic carbocycles. The summed E-state index contributed by atoms with van der Waals surface area (Å²) < 4.78 is 0. The molecule has 2 unspecified atom stereocenters. The molecule has 4 nitrogen and oxygen atoms in total. The second kappa shape index (κ2) is 4.49. The number of piperidine rings is 1. The second-order valence-corrected chi connectivity index (χ2v) is 5.34. The zero-order valence-electron chi connectivity index (χ0n) is 9.86. The van der Waals surface area contributed by atoms with Crippen LogP contribution in [-0.2, 0) is 4.79 Å². The SMILES string of the molecule is CC(C(N)C(=O)O)N1CCCC(C)(C)C1. The molecule has 0 amide bonds. The van der Waals surface area contributed by atoms with Crippen molar-refractivity contribution in [1.82, 2.24) is 4.90 Å². The number of nitrogens with zero attached hydrogens (tertiary/aromatic N) is 1. The van der Waals surface area contributed by atoms with Gasteiger partial charge in [-0.3, -0.25) is 9.69 Å². The average molecular weight is 214 g/mol. The maximum Gasteiger partial charge on any atom is 0.322 e. The van der Waals surface area contributed by atoms with Gasteiger partial charge in [0, 0.05) is 12.6 Å². The molecule has 1 saturated heterocycles. The van der Waals surface area contributed by atoms with Crippen molar-refractivity contribution in [2.75, 3.05) is 13.1 Å². The molecule has 2 atom stereocenters. The molecule has 0 bridgehead atoms. The minimum atomic E-state index is -0.911. The number of rotatable bonds is 3. The monoisotopic (exact) mass is 214 g/mol. The number of carbonyl (C=O) groups is 1. The van der Waals surface area contributed by atoms with E-state index in [0.29, 0.717) is 0 Å². The first kappa shape index (κ1) is 12.5. The first-order valence-electron chi connectivity index (χ1n) is 5.56. The van der Waals surface area contributed by atoms with Gasteiger partial charge in [0.15, 0.2) is 0 Å². The van der Waals surface area contributed by atoms with E-state index in [4.69, 9.17) is 10.8 Å². The van der Waals surface area contributed by atoms with E-state index in [0.717, 1.165) is 19.5 Å². The van der Waals surface area contributed by atoms with E-state index in [9.17, 15) is 4.79 Å². The summed E-state index contributed by atoms with van der Waals surface area (Å²) in [6.07, 6.45) is 2.34. The summed E-state index contributed by atoms with van der Waals surface area (Å²) in [6, 6.07) is -0.860. The van der Waals surface area contributed by atoms with Gasteiger partial charge in [-0.25, -0.2) is 0 Å². The van der Waals surface area contributed by atoms with Gasteiger partial charge in [0.2, 0.25) is 0 Å². The summed E-state index contributed by atoms with van der Waals surface area (Å²) >= 11 is 0. The van der Waals surface area contributed by atoms with Crippen molar-refractivity contribution in [3.05, 3.63) is 0 Å². The predicted molar refractivity (Wildman–Crippen MR) is 59.7 cm³/mol. The van der Waals surface area contributed by atoms with Gasteiger partial charge < -0.3 is 10.8 Å². The summed E-state index contributed by atoms with van der Waals surface area (Å²) in [7, 11) is 0. The Labute approximate surface area is 91.4 Å². The van der Waals surface area contributed by atoms with Crippen molar-refractivity contribution in [3.8, 4) is 0 Å². The third kappa shape index (κ3) is 3.18. The molecule has 88 valence electrons. The average Bonchev–Trinajstić information content (AvgIpc) is 2.13. The molecule has 4 heteroatoms. The molecular formula is C11H22N2O2. The largest absolute Gasteiger partial charge is 0.480 e. The Balaban J connectivity index is 2.60. The van der Waals surface area contributed by atoms with Crippen LogP contribution in [0.25, 0.3) is 0 Å². The quantitative estimate of drug-likeness (QED) is 0.733. The molecule has 1 fully saturated rings. The summed E-state index contributed by atoms with van der Waals surface area (Å²) in [5.74, 6) is -0.911. The van der Waals surface area contributed by atoms with E-state index in [2.05, 4.69) is 18.7 Å². The maximum atomic E-state index is 10.8. The van der Waals surface area contributed by atoms with E-state index < -0.39 is 12.0 Å². The molecule has 1 heterocycles. The molecule has 1 rings (SSSR count). The summed E-state index contributed by atoms with van der Waals surface area (Å²) in [5, 5.41) is 8.86. The van der Waals surface area contributed by atoms with Gasteiger partial charge in [-0.1, -0.05) is 13.8 Å². The van der Waals surface area contributed by atoms with E-state index in [1.165, 1.54) is 6.42 Å². The highest BCUT2D eigenvalue weighted by Gasteiger charge is 2.32. The highest BCUT2D eigenvalue weighted by molar-refractivity contribution is 5.74. The van der Waals surface area contributed by atoms with E-state index in [1.807, 2.05) is 6.92 Å². The summed E-state index contributed by atoms with van der Waals surface area (Å²) in [6.45, 7) is 8.25. The number of hydrogen-bond donors (Lipinski definition) is 2. The Kier molecular flexibility index (Phi) is 3.73. The van der Waals surface area contributed by atoms with E-state index in [1.54, 1.807) is 0 Å². The molecule has 15 heavy (non-hydrogen) atoms. The number of carboxylic acid groups (broad SMARTS) is 1. The van der Waals surface area contributed by atoms with Crippen LogP contribution >= 0.6 is 0 Å². The molecule has 0 radical (unpaired) electrons. The molecule has 0 aromatic heterocycles. The van der Waals surface area contributed by atoms with Gasteiger partial charge in [-0.15, -0.1) is 0 Å². The Bertz CT molecular complexity index is 241. The lowest BCUT2D eigenvalue weighted by molar-refractivity contribution is -0.140. The van der Waals surface area contributed by atoms with Gasteiger partial charge in [0.1, 0.15) is 6.04 Å². The fourth-order valence-corrected chi connectivity index (χ4v) is 2.25. The van der Waals surface area contributed by atoms with Crippen molar-refractivity contribution in [2.45, 2.75) is 45.7 Å². The van der Waals surface area contributed by atoms with Gasteiger partial charge in [-0.2, -0.15) is 0 Å². The molecule has 1 aliphatic rings. The fraction of sp³-hybridized carbons (Fsp3) is 0.909. The van der Waals surface area contributed by atoms with Gasteiger partial charge >= 0.3 is 5.97 Å². The topological polar surface area (TPSA) is 66.6 Å². The molecular weight excluding hydrogens is 192 g/mol. The number of nitrogens with two attached hydrogens (primary N) is 1. The number of aliphatic carboxylic acids is 1. The van der Waals surface area contributed by atoms with E-state index in [-0.39, 0.29) is 11.5 Å². The van der Waals surface area contributed by atoms with Crippen LogP contribution in [-0.4, -0.2) is 41.1 Å². The first-order valence-corrected chi connectivity index (χ1v) is 5.56. The molecule has 0 aromatic carbocycles. The van der Waals surface area contributed by atoms with Crippen LogP contribution in [0.5, 0.6) is 0 Å². The highest BCUT2D eigenvalue weighted by Crippen LogP contribution is 2.29. The van der Waals surface area contributed by atoms with Crippen molar-refractivity contribution in [2.24, 2.45) is 11.1 Å². The molecule has 1 aliphatic heterocycles. The lowest BCUT2D eigenvalue weighted by Gasteiger charge is -2.42. The highest BCUT2D eigenvalue weighted by atomic mass is 16.4. The van der Waals surface area contributed by atoms with Crippen LogP contribution < -0.4 is 5.73 Å². The summed E-state index contributed by atoms with van der Waals surface area (Å²) in [5.41, 5.74) is 5.92. The summed E-state index contributed by atoms with van der Waals surface area (Å²) in [4.78, 5) is 13.0. The van der Waals surface area contributed by atoms with Crippen LogP contribution in [0.2, 0.25) is 0 Å². The molecule has 0 aromatic rings. The lowest BCUT2D eigenvalue weighted by atomic mass is 9.83. The third-order valence-electron chi connectivity index (χ3n) is 3.31. The van der Waals surface area contributed by atoms with Crippen LogP contribution in [0.3, 0.4) is 0 Å². The third-order valence-corrected chi connectivity index (χ3v) is 3.31. The predicted octanol–water partition coefficient (Wildman–Crippen LogP) is 0.909. The van der Waals surface area contributed by atoms with Crippen molar-refractivity contribution in [3.63, 3.8) is 0 Å². The fourth-order valence-electron chi connectivity index (χ4n) is 2.25. The molecule has 3 N–H and O–H groups in total. The Morgan fingerprint density at radius 2 is 2.13 bits per heavy atom. The molecule has 0 spiro atoms. The smallest absolute Gasteiger partial charge is 0.322 e. The number of likely N-dealkylation sites (tertiary alicyclic amines) is 1. The number of carboxylic acids is 1. The molecule has 0 saturated carbocycles. The van der Waals surface area contributed by atoms with Gasteiger partial charge in [0.25, 0.3) is 0 Å². The standard InChI is InChI=1S/C11H22N2O2/c1-8(9(12)10(14)15)13-6-4-5-11(2,3)7-13/h8-9H,4-7,12H2,1-3H3,(H,14,15). The second-order valence-electron chi connectivity index (χ2n) is 5.34. The Morgan fingerprint density at radius 3 is 2.60 bits per heavy atom. The van der Waals surface area contributed by atoms with Crippen molar-refractivity contribution in [1.29, 1.82) is 0 Å². The van der Waals surface area contributed by atoms with Crippen LogP contribution in [0.1, 0.15) is 33.6 Å². The normalized spacial score (nSPS) is 25.9. The zero-order valence-corrected chi connectivity index (χ0v) is 9.86. The minimum Gasteiger partial charge on any atom is -0.480 e. The Hall–Kier alpha value is -0.610. The Morgan fingerprint density at radius 1 is 1.53 bits per heavy atom. The lowest BCUT2D eigenvalue weighted by Crippen LogP contribution is -2.54. The van der Waals surface area contributed by atoms with Gasteiger partial charge in [0.05, 0.1) is 0 Å². The van der Waals surface area contributed by atoms with Crippen LogP contribution in [0, 0.1) is 5.41 Å². The minimum absolute atomic E-state index is 0.0814. The first-order chi connectivity index (χ1) is 6.83. The van der Waals surface area contributed by atoms with Crippen LogP contribution in [0.4, 0.5) is 0 Å². The number of hydrogen-bond acceptors (Lipinski definition) is 3.